The molecule has 0 bridgehead atoms. The van der Waals surface area contributed by atoms with Gasteiger partial charge in [0.15, 0.2) is 6.61 Å². The van der Waals surface area contributed by atoms with E-state index in [1.165, 1.54) is 24.1 Å². The number of halogens is 3. The van der Waals surface area contributed by atoms with Crippen molar-refractivity contribution in [2.45, 2.75) is 6.18 Å². The van der Waals surface area contributed by atoms with E-state index in [9.17, 15) is 18.0 Å². The summed E-state index contributed by atoms with van der Waals surface area (Å²) in [5.74, 6) is 0.445. The van der Waals surface area contributed by atoms with Crippen molar-refractivity contribution in [1.82, 2.24) is 9.78 Å². The van der Waals surface area contributed by atoms with Crippen molar-refractivity contribution in [1.29, 1.82) is 0 Å². The molecule has 0 saturated heterocycles. The zero-order valence-electron chi connectivity index (χ0n) is 14.7. The molecule has 3 rings (SSSR count). The normalized spacial score (nSPS) is 11.1. The lowest BCUT2D eigenvalue weighted by Crippen LogP contribution is -2.21. The molecule has 146 valence electrons. The van der Waals surface area contributed by atoms with E-state index in [1.54, 1.807) is 36.5 Å². The zero-order valence-corrected chi connectivity index (χ0v) is 14.7. The largest absolute Gasteiger partial charge is 0.497 e. The Bertz CT molecular complexity index is 939. The number of alkyl halides is 3. The van der Waals surface area contributed by atoms with Crippen molar-refractivity contribution in [3.05, 3.63) is 66.5 Å². The minimum Gasteiger partial charge on any atom is -0.497 e. The molecule has 6 nitrogen and oxygen atoms in total. The van der Waals surface area contributed by atoms with Crippen LogP contribution in [0.5, 0.6) is 11.5 Å². The molecule has 28 heavy (non-hydrogen) atoms. The maximum Gasteiger partial charge on any atom is 0.416 e. The SMILES string of the molecule is COc1ccc(OCC(=O)Nc2cc(C(F)(F)F)ccc2-n2cccn2)cc1. The standard InChI is InChI=1S/C19H16F3N3O3/c1-27-14-4-6-15(7-5-14)28-12-18(26)24-16-11-13(19(20,21)22)3-8-17(16)25-10-2-9-23-25/h2-11H,12H2,1H3,(H,24,26). The van der Waals surface area contributed by atoms with Crippen LogP contribution in [-0.2, 0) is 11.0 Å². The third-order valence-electron chi connectivity index (χ3n) is 3.78. The third-order valence-corrected chi connectivity index (χ3v) is 3.78. The van der Waals surface area contributed by atoms with E-state index < -0.39 is 17.6 Å². The molecular formula is C19H16F3N3O3. The molecular weight excluding hydrogens is 375 g/mol. The fraction of sp³-hybridized carbons (Fsp3) is 0.158. The molecule has 0 aliphatic rings. The van der Waals surface area contributed by atoms with E-state index in [0.29, 0.717) is 17.2 Å². The van der Waals surface area contributed by atoms with Gasteiger partial charge in [-0.3, -0.25) is 4.79 Å². The number of rotatable bonds is 6. The lowest BCUT2D eigenvalue weighted by molar-refractivity contribution is -0.137. The van der Waals surface area contributed by atoms with Gasteiger partial charge < -0.3 is 14.8 Å². The highest BCUT2D eigenvalue weighted by Crippen LogP contribution is 2.33. The highest BCUT2D eigenvalue weighted by Gasteiger charge is 2.31. The molecule has 0 fully saturated rings. The summed E-state index contributed by atoms with van der Waals surface area (Å²) in [6.45, 7) is -0.374. The minimum absolute atomic E-state index is 0.0261. The van der Waals surface area contributed by atoms with Crippen LogP contribution in [0.3, 0.4) is 0 Å². The van der Waals surface area contributed by atoms with Crippen LogP contribution in [-0.4, -0.2) is 29.4 Å². The first kappa shape index (κ1) is 19.3. The van der Waals surface area contributed by atoms with Crippen molar-refractivity contribution in [2.75, 3.05) is 19.0 Å². The van der Waals surface area contributed by atoms with E-state index in [1.807, 2.05) is 0 Å². The molecule has 0 radical (unpaired) electrons. The first-order chi connectivity index (χ1) is 13.4. The number of anilines is 1. The number of benzene rings is 2. The van der Waals surface area contributed by atoms with E-state index in [2.05, 4.69) is 10.4 Å². The van der Waals surface area contributed by atoms with Crippen molar-refractivity contribution in [3.63, 3.8) is 0 Å². The highest BCUT2D eigenvalue weighted by atomic mass is 19.4. The molecule has 2 aromatic carbocycles. The Hall–Kier alpha value is -3.49. The van der Waals surface area contributed by atoms with Crippen LogP contribution in [0.25, 0.3) is 5.69 Å². The molecule has 0 saturated carbocycles. The van der Waals surface area contributed by atoms with Crippen LogP contribution in [0, 0.1) is 0 Å². The first-order valence-electron chi connectivity index (χ1n) is 8.15. The molecule has 0 aliphatic heterocycles. The minimum atomic E-state index is -4.54. The van der Waals surface area contributed by atoms with Gasteiger partial charge in [0.2, 0.25) is 0 Å². The maximum absolute atomic E-state index is 13.0. The third kappa shape index (κ3) is 4.61. The van der Waals surface area contributed by atoms with Gasteiger partial charge in [-0.25, -0.2) is 4.68 Å². The Kier molecular flexibility index (Phi) is 5.53. The highest BCUT2D eigenvalue weighted by molar-refractivity contribution is 5.94. The number of hydrogen-bond donors (Lipinski definition) is 1. The predicted molar refractivity (Wildman–Crippen MR) is 95.7 cm³/mol. The quantitative estimate of drug-likeness (QED) is 0.692. The number of aromatic nitrogens is 2. The summed E-state index contributed by atoms with van der Waals surface area (Å²) in [4.78, 5) is 12.2. The summed E-state index contributed by atoms with van der Waals surface area (Å²) in [6.07, 6.45) is -1.50. The van der Waals surface area contributed by atoms with Gasteiger partial charge in [-0.05, 0) is 48.5 Å². The molecule has 3 aromatic rings. The van der Waals surface area contributed by atoms with Crippen molar-refractivity contribution in [2.24, 2.45) is 0 Å². The molecule has 9 heteroatoms. The number of amides is 1. The van der Waals surface area contributed by atoms with Gasteiger partial charge in [-0.1, -0.05) is 0 Å². The summed E-state index contributed by atoms with van der Waals surface area (Å²) in [7, 11) is 1.52. The van der Waals surface area contributed by atoms with Gasteiger partial charge in [0.05, 0.1) is 24.0 Å². The monoisotopic (exact) mass is 391 g/mol. The lowest BCUT2D eigenvalue weighted by atomic mass is 10.1. The number of nitrogens with zero attached hydrogens (tertiary/aromatic N) is 2. The average molecular weight is 391 g/mol. The lowest BCUT2D eigenvalue weighted by Gasteiger charge is -2.15. The summed E-state index contributed by atoms with van der Waals surface area (Å²) >= 11 is 0. The summed E-state index contributed by atoms with van der Waals surface area (Å²) in [6, 6.07) is 11.2. The second-order valence-electron chi connectivity index (χ2n) is 5.69. The second-order valence-corrected chi connectivity index (χ2v) is 5.69. The van der Waals surface area contributed by atoms with Crippen LogP contribution in [0.15, 0.2) is 60.9 Å². The maximum atomic E-state index is 13.0. The van der Waals surface area contributed by atoms with Gasteiger partial charge in [0.25, 0.3) is 5.91 Å². The Labute approximate surface area is 158 Å². The van der Waals surface area contributed by atoms with Crippen LogP contribution >= 0.6 is 0 Å². The van der Waals surface area contributed by atoms with Gasteiger partial charge in [-0.15, -0.1) is 0 Å². The number of ether oxygens (including phenoxy) is 2. The summed E-state index contributed by atoms with van der Waals surface area (Å²) in [5, 5.41) is 6.45. The average Bonchev–Trinajstić information content (AvgIpc) is 3.20. The number of carbonyl (C=O) groups excluding carboxylic acids is 1. The van der Waals surface area contributed by atoms with Gasteiger partial charge in [-0.2, -0.15) is 18.3 Å². The fourth-order valence-corrected chi connectivity index (χ4v) is 2.43. The second kappa shape index (κ2) is 8.03. The fourth-order valence-electron chi connectivity index (χ4n) is 2.43. The zero-order chi connectivity index (χ0) is 20.1. The molecule has 1 amide bonds. The number of methoxy groups -OCH3 is 1. The summed E-state index contributed by atoms with van der Waals surface area (Å²) in [5.41, 5.74) is -0.604. The predicted octanol–water partition coefficient (Wildman–Crippen LogP) is 3.92. The van der Waals surface area contributed by atoms with E-state index >= 15 is 0 Å². The van der Waals surface area contributed by atoms with E-state index in [4.69, 9.17) is 9.47 Å². The van der Waals surface area contributed by atoms with E-state index in [0.717, 1.165) is 12.1 Å². The number of nitrogens with one attached hydrogen (secondary N) is 1. The van der Waals surface area contributed by atoms with Crippen LogP contribution in [0.4, 0.5) is 18.9 Å². The number of carbonyl (C=O) groups is 1. The summed E-state index contributed by atoms with van der Waals surface area (Å²) < 4.78 is 50.9. The van der Waals surface area contributed by atoms with Gasteiger partial charge in [0.1, 0.15) is 11.5 Å². The molecule has 1 aromatic heterocycles. The molecule has 0 spiro atoms. The number of hydrogen-bond acceptors (Lipinski definition) is 4. The van der Waals surface area contributed by atoms with Gasteiger partial charge >= 0.3 is 6.18 Å². The smallest absolute Gasteiger partial charge is 0.416 e. The van der Waals surface area contributed by atoms with E-state index in [-0.39, 0.29) is 12.3 Å². The molecule has 0 unspecified atom stereocenters. The Morgan fingerprint density at radius 2 is 1.86 bits per heavy atom. The molecule has 0 atom stereocenters. The van der Waals surface area contributed by atoms with Crippen LogP contribution in [0.1, 0.15) is 5.56 Å². The Morgan fingerprint density at radius 1 is 1.14 bits per heavy atom. The van der Waals surface area contributed by atoms with Crippen LogP contribution in [0.2, 0.25) is 0 Å². The van der Waals surface area contributed by atoms with Gasteiger partial charge in [0, 0.05) is 12.4 Å². The Balaban J connectivity index is 1.76. The van der Waals surface area contributed by atoms with Crippen molar-refractivity contribution in [3.8, 4) is 17.2 Å². The van der Waals surface area contributed by atoms with Crippen molar-refractivity contribution < 1.29 is 27.4 Å². The first-order valence-corrected chi connectivity index (χ1v) is 8.15. The molecule has 1 heterocycles. The topological polar surface area (TPSA) is 65.4 Å². The molecule has 0 aliphatic carbocycles. The molecule has 1 N–H and O–H groups in total. The van der Waals surface area contributed by atoms with Crippen molar-refractivity contribution >= 4 is 11.6 Å². The van der Waals surface area contributed by atoms with Crippen LogP contribution < -0.4 is 14.8 Å². The Morgan fingerprint density at radius 3 is 2.46 bits per heavy atom.